The second kappa shape index (κ2) is 10.1. The third kappa shape index (κ3) is 5.32. The summed E-state index contributed by atoms with van der Waals surface area (Å²) in [5, 5.41) is 0. The van der Waals surface area contributed by atoms with Crippen molar-refractivity contribution in [2.45, 2.75) is 46.6 Å². The lowest BCUT2D eigenvalue weighted by Gasteiger charge is -2.16. The molecule has 0 heterocycles. The number of ketones is 1. The Hall–Kier alpha value is -3.02. The summed E-state index contributed by atoms with van der Waals surface area (Å²) in [5.74, 6) is 0.903. The molecule has 0 N–H and O–H groups in total. The van der Waals surface area contributed by atoms with Crippen LogP contribution in [-0.4, -0.2) is 39.2 Å². The summed E-state index contributed by atoms with van der Waals surface area (Å²) < 4.78 is 21.4. The standard InChI is InChI=1S/C24H30O6/c1-14-10-16(3)19(11-15(14)2)23(26)17(4)30-22(25)9-8-18-12-20(27-5)24(29-7)21(13-18)28-6/h10-13,17H,8-9H2,1-7H3. The Morgan fingerprint density at radius 3 is 1.93 bits per heavy atom. The van der Waals surface area contributed by atoms with Gasteiger partial charge in [-0.05, 0) is 74.6 Å². The van der Waals surface area contributed by atoms with Gasteiger partial charge in [0.25, 0.3) is 0 Å². The summed E-state index contributed by atoms with van der Waals surface area (Å²) in [6.07, 6.45) is -0.306. The van der Waals surface area contributed by atoms with Gasteiger partial charge < -0.3 is 18.9 Å². The highest BCUT2D eigenvalue weighted by Gasteiger charge is 2.22. The van der Waals surface area contributed by atoms with Gasteiger partial charge in [0.15, 0.2) is 17.6 Å². The van der Waals surface area contributed by atoms with E-state index >= 15 is 0 Å². The van der Waals surface area contributed by atoms with Crippen LogP contribution in [0.4, 0.5) is 0 Å². The van der Waals surface area contributed by atoms with Crippen molar-refractivity contribution < 1.29 is 28.5 Å². The molecule has 2 aromatic rings. The zero-order valence-electron chi connectivity index (χ0n) is 18.8. The molecule has 6 nitrogen and oxygen atoms in total. The first-order valence-electron chi connectivity index (χ1n) is 9.82. The number of hydrogen-bond donors (Lipinski definition) is 0. The number of methoxy groups -OCH3 is 3. The summed E-state index contributed by atoms with van der Waals surface area (Å²) >= 11 is 0. The Balaban J connectivity index is 2.04. The fourth-order valence-corrected chi connectivity index (χ4v) is 3.28. The normalized spacial score (nSPS) is 11.6. The molecule has 0 radical (unpaired) electrons. The predicted molar refractivity (Wildman–Crippen MR) is 115 cm³/mol. The number of ether oxygens (including phenoxy) is 4. The first kappa shape index (κ1) is 23.3. The van der Waals surface area contributed by atoms with E-state index in [0.717, 1.165) is 22.3 Å². The third-order valence-corrected chi connectivity index (χ3v) is 5.13. The molecule has 2 aromatic carbocycles. The minimum absolute atomic E-state index is 0.127. The van der Waals surface area contributed by atoms with Crippen molar-refractivity contribution in [2.24, 2.45) is 0 Å². The lowest BCUT2D eigenvalue weighted by molar-refractivity contribution is -0.146. The molecule has 6 heteroatoms. The van der Waals surface area contributed by atoms with Gasteiger partial charge in [-0.2, -0.15) is 0 Å². The molecule has 0 bridgehead atoms. The van der Waals surface area contributed by atoms with Gasteiger partial charge in [0, 0.05) is 12.0 Å². The number of hydrogen-bond acceptors (Lipinski definition) is 6. The minimum atomic E-state index is -0.849. The fraction of sp³-hybridized carbons (Fsp3) is 0.417. The molecule has 1 atom stereocenters. The van der Waals surface area contributed by atoms with Crippen molar-refractivity contribution in [3.05, 3.63) is 52.1 Å². The molecule has 0 aliphatic carbocycles. The maximum absolute atomic E-state index is 12.8. The topological polar surface area (TPSA) is 71.1 Å². The number of esters is 1. The molecule has 0 aliphatic heterocycles. The summed E-state index contributed by atoms with van der Waals surface area (Å²) in [7, 11) is 4.61. The molecule has 0 fully saturated rings. The Morgan fingerprint density at radius 1 is 0.833 bits per heavy atom. The van der Waals surface area contributed by atoms with Gasteiger partial charge in [-0.25, -0.2) is 0 Å². The van der Waals surface area contributed by atoms with E-state index < -0.39 is 12.1 Å². The SMILES string of the molecule is COc1cc(CCC(=O)OC(C)C(=O)c2cc(C)c(C)cc2C)cc(OC)c1OC. The van der Waals surface area contributed by atoms with Crippen LogP contribution < -0.4 is 14.2 Å². The van der Waals surface area contributed by atoms with Crippen molar-refractivity contribution in [2.75, 3.05) is 21.3 Å². The Morgan fingerprint density at radius 2 is 1.40 bits per heavy atom. The van der Waals surface area contributed by atoms with Gasteiger partial charge in [0.05, 0.1) is 21.3 Å². The number of carbonyl (C=O) groups is 2. The Bertz CT molecular complexity index is 907. The molecular weight excluding hydrogens is 384 g/mol. The highest BCUT2D eigenvalue weighted by atomic mass is 16.5. The van der Waals surface area contributed by atoms with Gasteiger partial charge in [0.2, 0.25) is 11.5 Å². The third-order valence-electron chi connectivity index (χ3n) is 5.13. The molecule has 0 amide bonds. The smallest absolute Gasteiger partial charge is 0.306 e. The van der Waals surface area contributed by atoms with Crippen molar-refractivity contribution in [3.8, 4) is 17.2 Å². The minimum Gasteiger partial charge on any atom is -0.493 e. The van der Waals surface area contributed by atoms with E-state index in [-0.39, 0.29) is 12.2 Å². The van der Waals surface area contributed by atoms with Gasteiger partial charge in [-0.3, -0.25) is 9.59 Å². The van der Waals surface area contributed by atoms with Crippen LogP contribution in [0.1, 0.15) is 46.0 Å². The van der Waals surface area contributed by atoms with Gasteiger partial charge >= 0.3 is 5.97 Å². The highest BCUT2D eigenvalue weighted by Crippen LogP contribution is 2.38. The van der Waals surface area contributed by atoms with E-state index in [1.165, 1.54) is 21.3 Å². The van der Waals surface area contributed by atoms with E-state index in [0.29, 0.717) is 29.2 Å². The first-order chi connectivity index (χ1) is 14.2. The molecule has 0 spiro atoms. The second-order valence-electron chi connectivity index (χ2n) is 7.28. The largest absolute Gasteiger partial charge is 0.493 e. The van der Waals surface area contributed by atoms with Crippen molar-refractivity contribution >= 4 is 11.8 Å². The average Bonchev–Trinajstić information content (AvgIpc) is 2.73. The van der Waals surface area contributed by atoms with Crippen LogP contribution in [0.3, 0.4) is 0 Å². The second-order valence-corrected chi connectivity index (χ2v) is 7.28. The van der Waals surface area contributed by atoms with Crippen LogP contribution in [0.25, 0.3) is 0 Å². The van der Waals surface area contributed by atoms with Crippen LogP contribution in [0, 0.1) is 20.8 Å². The number of carbonyl (C=O) groups excluding carboxylic acids is 2. The number of benzene rings is 2. The summed E-state index contributed by atoms with van der Waals surface area (Å²) in [6.45, 7) is 7.45. The molecule has 2 rings (SSSR count). The number of Topliss-reactive ketones (excluding diaryl/α,β-unsaturated/α-hetero) is 1. The highest BCUT2D eigenvalue weighted by molar-refractivity contribution is 6.01. The Labute approximate surface area is 178 Å². The van der Waals surface area contributed by atoms with Crippen LogP contribution in [0.15, 0.2) is 24.3 Å². The van der Waals surface area contributed by atoms with Crippen LogP contribution >= 0.6 is 0 Å². The van der Waals surface area contributed by atoms with E-state index in [1.54, 1.807) is 19.1 Å². The molecule has 162 valence electrons. The zero-order chi connectivity index (χ0) is 22.4. The van der Waals surface area contributed by atoms with E-state index in [4.69, 9.17) is 18.9 Å². The maximum atomic E-state index is 12.8. The summed E-state index contributed by atoms with van der Waals surface area (Å²) in [5.41, 5.74) is 4.46. The lowest BCUT2D eigenvalue weighted by atomic mass is 9.96. The fourth-order valence-electron chi connectivity index (χ4n) is 3.28. The van der Waals surface area contributed by atoms with Crippen molar-refractivity contribution in [3.63, 3.8) is 0 Å². The molecule has 0 saturated carbocycles. The number of aryl methyl sites for hydroxylation is 4. The molecule has 0 aliphatic rings. The number of rotatable bonds is 9. The molecule has 30 heavy (non-hydrogen) atoms. The van der Waals surface area contributed by atoms with Crippen LogP contribution in [-0.2, 0) is 16.0 Å². The maximum Gasteiger partial charge on any atom is 0.306 e. The lowest BCUT2D eigenvalue weighted by Crippen LogP contribution is -2.25. The van der Waals surface area contributed by atoms with Crippen molar-refractivity contribution in [1.29, 1.82) is 0 Å². The first-order valence-corrected chi connectivity index (χ1v) is 9.82. The van der Waals surface area contributed by atoms with E-state index in [2.05, 4.69) is 0 Å². The van der Waals surface area contributed by atoms with Gasteiger partial charge in [-0.15, -0.1) is 0 Å². The van der Waals surface area contributed by atoms with Crippen LogP contribution in [0.2, 0.25) is 0 Å². The van der Waals surface area contributed by atoms with Crippen LogP contribution in [0.5, 0.6) is 17.2 Å². The van der Waals surface area contributed by atoms with Gasteiger partial charge in [0.1, 0.15) is 0 Å². The van der Waals surface area contributed by atoms with Gasteiger partial charge in [-0.1, -0.05) is 6.07 Å². The monoisotopic (exact) mass is 414 g/mol. The molecule has 0 aromatic heterocycles. The van der Waals surface area contributed by atoms with E-state index in [1.807, 2.05) is 32.9 Å². The molecule has 0 saturated heterocycles. The molecular formula is C24H30O6. The Kier molecular flexibility index (Phi) is 7.86. The zero-order valence-corrected chi connectivity index (χ0v) is 18.8. The molecule has 1 unspecified atom stereocenters. The average molecular weight is 414 g/mol. The quantitative estimate of drug-likeness (QED) is 0.448. The summed E-state index contributed by atoms with van der Waals surface area (Å²) in [4.78, 5) is 25.1. The summed E-state index contributed by atoms with van der Waals surface area (Å²) in [6, 6.07) is 7.41. The predicted octanol–water partition coefficient (Wildman–Crippen LogP) is 4.38. The van der Waals surface area contributed by atoms with Crippen molar-refractivity contribution in [1.82, 2.24) is 0 Å². The van der Waals surface area contributed by atoms with E-state index in [9.17, 15) is 9.59 Å².